The Balaban J connectivity index is 1.85. The van der Waals surface area contributed by atoms with E-state index in [1.807, 2.05) is 46.8 Å². The molecule has 2 heterocycles. The number of thioether (sulfide) groups is 1. The number of imidazole rings is 1. The van der Waals surface area contributed by atoms with Crippen molar-refractivity contribution in [1.82, 2.24) is 14.4 Å². The normalized spacial score (nSPS) is 10.9. The second-order valence-electron chi connectivity index (χ2n) is 5.23. The summed E-state index contributed by atoms with van der Waals surface area (Å²) in [6, 6.07) is 5.84. The maximum Gasteiger partial charge on any atom is 0.155 e. The highest BCUT2D eigenvalue weighted by Crippen LogP contribution is 2.33. The lowest BCUT2D eigenvalue weighted by atomic mass is 10.1. The molecule has 0 bridgehead atoms. The van der Waals surface area contributed by atoms with Crippen LogP contribution < -0.4 is 9.47 Å². The largest absolute Gasteiger partial charge is 0.497 e. The first-order chi connectivity index (χ1) is 11.8. The molecule has 0 atom stereocenters. The van der Waals surface area contributed by atoms with E-state index in [2.05, 4.69) is 16.9 Å². The number of hydrogen-bond acceptors (Lipinski definition) is 5. The fourth-order valence-corrected chi connectivity index (χ4v) is 3.03. The van der Waals surface area contributed by atoms with Gasteiger partial charge in [-0.1, -0.05) is 6.92 Å². The average molecular weight is 343 g/mol. The minimum Gasteiger partial charge on any atom is -0.497 e. The van der Waals surface area contributed by atoms with E-state index in [1.165, 1.54) is 0 Å². The first-order valence-corrected chi connectivity index (χ1v) is 9.15. The van der Waals surface area contributed by atoms with E-state index in [0.29, 0.717) is 6.61 Å². The fraction of sp³-hybridized carbons (Fsp3) is 0.333. The van der Waals surface area contributed by atoms with Gasteiger partial charge in [0.25, 0.3) is 0 Å². The highest BCUT2D eigenvalue weighted by atomic mass is 32.2. The molecule has 0 aliphatic carbocycles. The molecule has 0 N–H and O–H groups in total. The van der Waals surface area contributed by atoms with E-state index in [4.69, 9.17) is 9.47 Å². The zero-order valence-electron chi connectivity index (χ0n) is 13.9. The van der Waals surface area contributed by atoms with Crippen LogP contribution >= 0.6 is 11.8 Å². The summed E-state index contributed by atoms with van der Waals surface area (Å²) in [6.45, 7) is 2.85. The van der Waals surface area contributed by atoms with Gasteiger partial charge in [0.1, 0.15) is 11.5 Å². The van der Waals surface area contributed by atoms with Gasteiger partial charge in [0.15, 0.2) is 5.65 Å². The zero-order valence-corrected chi connectivity index (χ0v) is 14.8. The van der Waals surface area contributed by atoms with Gasteiger partial charge in [-0.2, -0.15) is 11.8 Å². The Morgan fingerprint density at radius 1 is 1.29 bits per heavy atom. The summed E-state index contributed by atoms with van der Waals surface area (Å²) >= 11 is 1.93. The van der Waals surface area contributed by atoms with Crippen molar-refractivity contribution in [2.75, 3.05) is 25.2 Å². The molecular formula is C18H21N3O2S. The molecule has 0 aliphatic rings. The molecule has 1 aromatic carbocycles. The molecule has 0 saturated carbocycles. The third-order valence-electron chi connectivity index (χ3n) is 3.62. The first kappa shape index (κ1) is 16.6. The molecule has 24 heavy (non-hydrogen) atoms. The van der Waals surface area contributed by atoms with E-state index in [9.17, 15) is 0 Å². The van der Waals surface area contributed by atoms with Crippen LogP contribution in [0.1, 0.15) is 13.3 Å². The summed E-state index contributed by atoms with van der Waals surface area (Å²) in [5.74, 6) is 3.82. The highest BCUT2D eigenvalue weighted by molar-refractivity contribution is 7.99. The minimum absolute atomic E-state index is 0.683. The standard InChI is InChI=1S/C18H21N3O2S/c1-3-24-10-4-9-23-17-11-14(22-2)5-6-15(17)16-13-21-8-7-19-12-18(21)20-16/h5-8,11-13H,3-4,9-10H2,1-2H3. The van der Waals surface area contributed by atoms with Crippen LogP contribution in [0.4, 0.5) is 0 Å². The monoisotopic (exact) mass is 343 g/mol. The van der Waals surface area contributed by atoms with Gasteiger partial charge in [-0.25, -0.2) is 4.98 Å². The SMILES string of the molecule is CCSCCCOc1cc(OC)ccc1-c1cn2ccncc2n1. The van der Waals surface area contributed by atoms with Crippen molar-refractivity contribution >= 4 is 17.4 Å². The second kappa shape index (κ2) is 8.06. The number of benzene rings is 1. The van der Waals surface area contributed by atoms with Gasteiger partial charge >= 0.3 is 0 Å². The van der Waals surface area contributed by atoms with Crippen LogP contribution in [0.25, 0.3) is 16.9 Å². The molecule has 5 nitrogen and oxygen atoms in total. The number of ether oxygens (including phenoxy) is 2. The number of hydrogen-bond donors (Lipinski definition) is 0. The molecular weight excluding hydrogens is 322 g/mol. The topological polar surface area (TPSA) is 48.7 Å². The lowest BCUT2D eigenvalue weighted by molar-refractivity contribution is 0.317. The van der Waals surface area contributed by atoms with E-state index in [0.717, 1.165) is 46.3 Å². The smallest absolute Gasteiger partial charge is 0.155 e. The van der Waals surface area contributed by atoms with Crippen molar-refractivity contribution in [3.63, 3.8) is 0 Å². The highest BCUT2D eigenvalue weighted by Gasteiger charge is 2.12. The van der Waals surface area contributed by atoms with E-state index >= 15 is 0 Å². The van der Waals surface area contributed by atoms with Crippen LogP contribution in [0.5, 0.6) is 11.5 Å². The molecule has 3 aromatic rings. The van der Waals surface area contributed by atoms with Crippen molar-refractivity contribution in [3.8, 4) is 22.8 Å². The first-order valence-electron chi connectivity index (χ1n) is 7.99. The van der Waals surface area contributed by atoms with Crippen LogP contribution in [0, 0.1) is 0 Å². The van der Waals surface area contributed by atoms with Crippen LogP contribution in [0.3, 0.4) is 0 Å². The molecule has 0 aliphatic heterocycles. The van der Waals surface area contributed by atoms with Gasteiger partial charge in [-0.15, -0.1) is 0 Å². The van der Waals surface area contributed by atoms with E-state index < -0.39 is 0 Å². The van der Waals surface area contributed by atoms with Gasteiger partial charge in [0.05, 0.1) is 25.6 Å². The molecule has 2 aromatic heterocycles. The fourth-order valence-electron chi connectivity index (χ4n) is 2.42. The molecule has 0 fully saturated rings. The number of nitrogens with zero attached hydrogens (tertiary/aromatic N) is 3. The third kappa shape index (κ3) is 3.82. The summed E-state index contributed by atoms with van der Waals surface area (Å²) in [5.41, 5.74) is 2.64. The number of fused-ring (bicyclic) bond motifs is 1. The predicted molar refractivity (Wildman–Crippen MR) is 98.1 cm³/mol. The lowest BCUT2D eigenvalue weighted by Crippen LogP contribution is -2.01. The van der Waals surface area contributed by atoms with Crippen molar-refractivity contribution in [1.29, 1.82) is 0 Å². The maximum atomic E-state index is 6.02. The number of rotatable bonds is 8. The Bertz CT molecular complexity index is 771. The summed E-state index contributed by atoms with van der Waals surface area (Å²) in [5, 5.41) is 0. The molecule has 3 rings (SSSR count). The van der Waals surface area contributed by atoms with Gasteiger partial charge in [0, 0.05) is 30.2 Å². The van der Waals surface area contributed by atoms with Crippen molar-refractivity contribution in [2.45, 2.75) is 13.3 Å². The Morgan fingerprint density at radius 3 is 3.00 bits per heavy atom. The van der Waals surface area contributed by atoms with Gasteiger partial charge in [0.2, 0.25) is 0 Å². The summed E-state index contributed by atoms with van der Waals surface area (Å²) in [7, 11) is 1.66. The molecule has 0 spiro atoms. The number of methoxy groups -OCH3 is 1. The van der Waals surface area contributed by atoms with Crippen molar-refractivity contribution in [2.24, 2.45) is 0 Å². The second-order valence-corrected chi connectivity index (χ2v) is 6.62. The quantitative estimate of drug-likeness (QED) is 0.580. The molecule has 6 heteroatoms. The van der Waals surface area contributed by atoms with E-state index in [1.54, 1.807) is 19.5 Å². The van der Waals surface area contributed by atoms with Crippen molar-refractivity contribution < 1.29 is 9.47 Å². The average Bonchev–Trinajstić information content (AvgIpc) is 3.05. The Hall–Kier alpha value is -2.21. The van der Waals surface area contributed by atoms with Crippen LogP contribution in [-0.2, 0) is 0 Å². The summed E-state index contributed by atoms with van der Waals surface area (Å²) in [4.78, 5) is 8.74. The van der Waals surface area contributed by atoms with Crippen LogP contribution in [-0.4, -0.2) is 39.6 Å². The molecule has 0 saturated heterocycles. The number of aromatic nitrogens is 3. The van der Waals surface area contributed by atoms with Gasteiger partial charge in [-0.3, -0.25) is 4.98 Å². The minimum atomic E-state index is 0.683. The van der Waals surface area contributed by atoms with Crippen LogP contribution in [0.2, 0.25) is 0 Å². The molecule has 0 amide bonds. The summed E-state index contributed by atoms with van der Waals surface area (Å²) < 4.78 is 13.3. The summed E-state index contributed by atoms with van der Waals surface area (Å²) in [6.07, 6.45) is 8.38. The van der Waals surface area contributed by atoms with E-state index in [-0.39, 0.29) is 0 Å². The van der Waals surface area contributed by atoms with Gasteiger partial charge < -0.3 is 13.9 Å². The maximum absolute atomic E-state index is 6.02. The lowest BCUT2D eigenvalue weighted by Gasteiger charge is -2.11. The predicted octanol–water partition coefficient (Wildman–Crippen LogP) is 3.93. The molecule has 0 unspecified atom stereocenters. The Labute approximate surface area is 146 Å². The Morgan fingerprint density at radius 2 is 2.21 bits per heavy atom. The molecule has 126 valence electrons. The zero-order chi connectivity index (χ0) is 16.8. The van der Waals surface area contributed by atoms with Crippen LogP contribution in [0.15, 0.2) is 43.0 Å². The van der Waals surface area contributed by atoms with Gasteiger partial charge in [-0.05, 0) is 30.1 Å². The molecule has 0 radical (unpaired) electrons. The van der Waals surface area contributed by atoms with Crippen molar-refractivity contribution in [3.05, 3.63) is 43.0 Å². The Kier molecular flexibility index (Phi) is 5.59. The third-order valence-corrected chi connectivity index (χ3v) is 4.61.